The second-order valence-electron chi connectivity index (χ2n) is 5.33. The van der Waals surface area contributed by atoms with E-state index in [4.69, 9.17) is 4.74 Å². The van der Waals surface area contributed by atoms with Crippen LogP contribution in [0.2, 0.25) is 0 Å². The Kier molecular flexibility index (Phi) is 4.47. The van der Waals surface area contributed by atoms with Crippen molar-refractivity contribution in [2.75, 3.05) is 19.7 Å². The zero-order valence-electron chi connectivity index (χ0n) is 10.7. The maximum absolute atomic E-state index is 11.7. The zero-order valence-corrected chi connectivity index (χ0v) is 10.7. The Morgan fingerprint density at radius 1 is 1.28 bits per heavy atom. The van der Waals surface area contributed by atoms with Gasteiger partial charge in [-0.2, -0.15) is 0 Å². The molecule has 1 aliphatic rings. The zero-order chi connectivity index (χ0) is 14.0. The van der Waals surface area contributed by atoms with Gasteiger partial charge < -0.3 is 9.64 Å². The third kappa shape index (κ3) is 5.57. The Morgan fingerprint density at radius 3 is 2.28 bits per heavy atom. The number of hydrogen-bond acceptors (Lipinski definition) is 3. The van der Waals surface area contributed by atoms with Crippen LogP contribution < -0.4 is 0 Å². The van der Waals surface area contributed by atoms with Gasteiger partial charge in [0.15, 0.2) is 0 Å². The monoisotopic (exact) mass is 269 g/mol. The first-order valence-corrected chi connectivity index (χ1v) is 5.75. The maximum atomic E-state index is 11.7. The van der Waals surface area contributed by atoms with Crippen LogP contribution in [0.25, 0.3) is 0 Å². The molecule has 0 unspecified atom stereocenters. The molecular formula is C11H18F3NO3. The smallest absolute Gasteiger partial charge is 0.444 e. The molecule has 0 atom stereocenters. The highest BCUT2D eigenvalue weighted by Crippen LogP contribution is 2.23. The number of ether oxygens (including phenoxy) is 2. The Morgan fingerprint density at radius 2 is 1.83 bits per heavy atom. The minimum atomic E-state index is -4.57. The number of hydrogen-bond donors (Lipinski definition) is 0. The molecule has 1 heterocycles. The second kappa shape index (κ2) is 5.34. The SMILES string of the molecule is CC(C)(C)OC(=O)N1CC(CCOC(F)(F)F)C1. The normalized spacial score (nSPS) is 17.6. The van der Waals surface area contributed by atoms with Crippen molar-refractivity contribution in [2.24, 2.45) is 5.92 Å². The first-order chi connectivity index (χ1) is 8.07. The predicted molar refractivity (Wildman–Crippen MR) is 57.9 cm³/mol. The molecule has 1 aliphatic heterocycles. The molecule has 7 heteroatoms. The van der Waals surface area contributed by atoms with Crippen LogP contribution in [0.15, 0.2) is 0 Å². The highest BCUT2D eigenvalue weighted by molar-refractivity contribution is 5.69. The van der Waals surface area contributed by atoms with E-state index >= 15 is 0 Å². The number of nitrogens with zero attached hydrogens (tertiary/aromatic N) is 1. The fraction of sp³-hybridized carbons (Fsp3) is 0.909. The Hall–Kier alpha value is -0.980. The van der Waals surface area contributed by atoms with Crippen molar-refractivity contribution >= 4 is 6.09 Å². The van der Waals surface area contributed by atoms with Crippen molar-refractivity contribution in [2.45, 2.75) is 39.2 Å². The average molecular weight is 269 g/mol. The van der Waals surface area contributed by atoms with E-state index < -0.39 is 18.1 Å². The number of likely N-dealkylation sites (tertiary alicyclic amines) is 1. The summed E-state index contributed by atoms with van der Waals surface area (Å²) in [6.07, 6.45) is -4.71. The number of rotatable bonds is 3. The van der Waals surface area contributed by atoms with E-state index in [0.717, 1.165) is 0 Å². The molecule has 0 spiro atoms. The fourth-order valence-corrected chi connectivity index (χ4v) is 1.57. The largest absolute Gasteiger partial charge is 0.522 e. The number of carbonyl (C=O) groups is 1. The summed E-state index contributed by atoms with van der Waals surface area (Å²) in [5, 5.41) is 0. The van der Waals surface area contributed by atoms with Gasteiger partial charge in [0, 0.05) is 13.1 Å². The Balaban J connectivity index is 2.15. The Bertz CT molecular complexity index is 293. The molecule has 0 bridgehead atoms. The highest BCUT2D eigenvalue weighted by Gasteiger charge is 2.35. The topological polar surface area (TPSA) is 38.8 Å². The molecular weight excluding hydrogens is 251 g/mol. The molecule has 1 rings (SSSR count). The summed E-state index contributed by atoms with van der Waals surface area (Å²) in [5.41, 5.74) is -0.554. The minimum absolute atomic E-state index is 0.0554. The lowest BCUT2D eigenvalue weighted by atomic mass is 9.97. The number of carbonyl (C=O) groups excluding carboxylic acids is 1. The minimum Gasteiger partial charge on any atom is -0.444 e. The average Bonchev–Trinajstić information content (AvgIpc) is 2.03. The van der Waals surface area contributed by atoms with Gasteiger partial charge in [-0.15, -0.1) is 13.2 Å². The van der Waals surface area contributed by atoms with Gasteiger partial charge in [-0.05, 0) is 33.1 Å². The molecule has 0 saturated carbocycles. The second-order valence-corrected chi connectivity index (χ2v) is 5.33. The summed E-state index contributed by atoms with van der Waals surface area (Å²) in [5.74, 6) is 0.0554. The molecule has 1 saturated heterocycles. The van der Waals surface area contributed by atoms with Crippen LogP contribution in [-0.2, 0) is 9.47 Å². The molecule has 0 aromatic carbocycles. The predicted octanol–water partition coefficient (Wildman–Crippen LogP) is 2.78. The number of halogens is 3. The van der Waals surface area contributed by atoms with Crippen molar-refractivity contribution in [1.29, 1.82) is 0 Å². The van der Waals surface area contributed by atoms with Crippen molar-refractivity contribution in [3.8, 4) is 0 Å². The van der Waals surface area contributed by atoms with Crippen LogP contribution in [0.5, 0.6) is 0 Å². The van der Waals surface area contributed by atoms with E-state index in [1.54, 1.807) is 20.8 Å². The van der Waals surface area contributed by atoms with Gasteiger partial charge in [-0.25, -0.2) is 4.79 Å². The van der Waals surface area contributed by atoms with Crippen LogP contribution in [0, 0.1) is 5.92 Å². The lowest BCUT2D eigenvalue weighted by Gasteiger charge is -2.39. The first-order valence-electron chi connectivity index (χ1n) is 5.75. The molecule has 0 radical (unpaired) electrons. The van der Waals surface area contributed by atoms with Crippen LogP contribution in [0.4, 0.5) is 18.0 Å². The lowest BCUT2D eigenvalue weighted by molar-refractivity contribution is -0.325. The summed E-state index contributed by atoms with van der Waals surface area (Å²) in [6.45, 7) is 5.78. The lowest BCUT2D eigenvalue weighted by Crippen LogP contribution is -2.51. The molecule has 18 heavy (non-hydrogen) atoms. The van der Waals surface area contributed by atoms with E-state index in [2.05, 4.69) is 4.74 Å². The van der Waals surface area contributed by atoms with Crippen molar-refractivity contribution in [3.63, 3.8) is 0 Å². The fourth-order valence-electron chi connectivity index (χ4n) is 1.57. The molecule has 0 aromatic heterocycles. The molecule has 0 N–H and O–H groups in total. The van der Waals surface area contributed by atoms with E-state index in [1.807, 2.05) is 0 Å². The van der Waals surface area contributed by atoms with Crippen LogP contribution >= 0.6 is 0 Å². The molecule has 1 amide bonds. The van der Waals surface area contributed by atoms with Crippen LogP contribution in [0.3, 0.4) is 0 Å². The maximum Gasteiger partial charge on any atom is 0.522 e. The van der Waals surface area contributed by atoms with Gasteiger partial charge in [-0.1, -0.05) is 0 Å². The Labute approximate surface area is 104 Å². The summed E-state index contributed by atoms with van der Waals surface area (Å²) < 4.78 is 43.9. The quantitative estimate of drug-likeness (QED) is 0.790. The number of amides is 1. The molecule has 1 fully saturated rings. The van der Waals surface area contributed by atoms with E-state index in [1.165, 1.54) is 4.90 Å². The summed E-state index contributed by atoms with van der Waals surface area (Å²) in [6, 6.07) is 0. The van der Waals surface area contributed by atoms with Crippen LogP contribution in [-0.4, -0.2) is 42.7 Å². The summed E-state index contributed by atoms with van der Waals surface area (Å²) in [7, 11) is 0. The van der Waals surface area contributed by atoms with Gasteiger partial charge in [0.25, 0.3) is 0 Å². The van der Waals surface area contributed by atoms with Crippen molar-refractivity contribution in [3.05, 3.63) is 0 Å². The van der Waals surface area contributed by atoms with Gasteiger partial charge >= 0.3 is 12.5 Å². The third-order valence-electron chi connectivity index (χ3n) is 2.40. The molecule has 0 aliphatic carbocycles. The van der Waals surface area contributed by atoms with Crippen molar-refractivity contribution in [1.82, 2.24) is 4.90 Å². The summed E-state index contributed by atoms with van der Waals surface area (Å²) in [4.78, 5) is 13.0. The first kappa shape index (κ1) is 15.1. The standard InChI is InChI=1S/C11H18F3NO3/c1-10(2,3)18-9(16)15-6-8(7-15)4-5-17-11(12,13)14/h8H,4-7H2,1-3H3. The van der Waals surface area contributed by atoms with E-state index in [0.29, 0.717) is 19.5 Å². The van der Waals surface area contributed by atoms with Gasteiger partial charge in [0.05, 0.1) is 6.61 Å². The van der Waals surface area contributed by atoms with Gasteiger partial charge in [0.2, 0.25) is 0 Å². The van der Waals surface area contributed by atoms with E-state index in [9.17, 15) is 18.0 Å². The van der Waals surface area contributed by atoms with Gasteiger partial charge in [0.1, 0.15) is 5.60 Å². The molecule has 106 valence electrons. The van der Waals surface area contributed by atoms with E-state index in [-0.39, 0.29) is 12.5 Å². The van der Waals surface area contributed by atoms with Crippen LogP contribution in [0.1, 0.15) is 27.2 Å². The summed E-state index contributed by atoms with van der Waals surface area (Å²) >= 11 is 0. The third-order valence-corrected chi connectivity index (χ3v) is 2.40. The molecule has 0 aromatic rings. The van der Waals surface area contributed by atoms with Gasteiger partial charge in [-0.3, -0.25) is 4.74 Å². The highest BCUT2D eigenvalue weighted by atomic mass is 19.4. The molecule has 4 nitrogen and oxygen atoms in total. The number of alkyl halides is 3. The van der Waals surface area contributed by atoms with Crippen molar-refractivity contribution < 1.29 is 27.4 Å².